The van der Waals surface area contributed by atoms with E-state index in [2.05, 4.69) is 57.7 Å². The molecule has 1 aliphatic rings. The van der Waals surface area contributed by atoms with Crippen molar-refractivity contribution in [2.75, 3.05) is 0 Å². The molecule has 0 bridgehead atoms. The van der Waals surface area contributed by atoms with Gasteiger partial charge in [0.15, 0.2) is 0 Å². The second kappa shape index (κ2) is 3.65. The lowest BCUT2D eigenvalue weighted by molar-refractivity contribution is 0.441. The van der Waals surface area contributed by atoms with Gasteiger partial charge in [-0.1, -0.05) is 41.5 Å². The Bertz CT molecular complexity index is 274. The molecule has 80 valence electrons. The zero-order valence-electron chi connectivity index (χ0n) is 10.1. The van der Waals surface area contributed by atoms with Crippen molar-refractivity contribution >= 4 is 11.9 Å². The van der Waals surface area contributed by atoms with Crippen LogP contribution >= 0.6 is 11.9 Å². The molecule has 0 aliphatic carbocycles. The summed E-state index contributed by atoms with van der Waals surface area (Å²) in [6.45, 7) is 13.5. The maximum atomic E-state index is 3.43. The molecule has 2 heteroatoms. The van der Waals surface area contributed by atoms with Gasteiger partial charge in [0.05, 0.1) is 0 Å². The Morgan fingerprint density at radius 3 is 1.93 bits per heavy atom. The van der Waals surface area contributed by atoms with Gasteiger partial charge in [-0.3, -0.25) is 0 Å². The first-order valence-corrected chi connectivity index (χ1v) is 5.94. The summed E-state index contributed by atoms with van der Waals surface area (Å²) in [6, 6.07) is 0. The van der Waals surface area contributed by atoms with Crippen LogP contribution in [0.3, 0.4) is 0 Å². The van der Waals surface area contributed by atoms with Gasteiger partial charge in [0.1, 0.15) is 0 Å². The minimum Gasteiger partial charge on any atom is -0.329 e. The van der Waals surface area contributed by atoms with Crippen LogP contribution in [0.25, 0.3) is 0 Å². The Kier molecular flexibility index (Phi) is 3.05. The largest absolute Gasteiger partial charge is 0.329 e. The molecule has 0 saturated carbocycles. The van der Waals surface area contributed by atoms with Gasteiger partial charge < -0.3 is 4.72 Å². The van der Waals surface area contributed by atoms with Crippen molar-refractivity contribution in [1.82, 2.24) is 4.72 Å². The van der Waals surface area contributed by atoms with Crippen molar-refractivity contribution in [3.8, 4) is 0 Å². The molecule has 0 aromatic rings. The maximum Gasteiger partial charge on any atom is 0.0305 e. The zero-order valence-corrected chi connectivity index (χ0v) is 10.9. The Hall–Kier alpha value is -0.370. The highest BCUT2D eigenvalue weighted by atomic mass is 32.2. The number of hydrogen-bond donors (Lipinski definition) is 1. The van der Waals surface area contributed by atoms with Crippen LogP contribution in [0.4, 0.5) is 0 Å². The van der Waals surface area contributed by atoms with E-state index in [4.69, 9.17) is 0 Å². The number of hydrogen-bond acceptors (Lipinski definition) is 2. The highest BCUT2D eigenvalue weighted by molar-refractivity contribution is 8.00. The fraction of sp³-hybridized carbons (Fsp3) is 0.667. The summed E-state index contributed by atoms with van der Waals surface area (Å²) in [7, 11) is 0. The molecule has 0 spiro atoms. The van der Waals surface area contributed by atoms with E-state index in [9.17, 15) is 0 Å². The van der Waals surface area contributed by atoms with Crippen LogP contribution in [0.1, 0.15) is 41.5 Å². The van der Waals surface area contributed by atoms with E-state index >= 15 is 0 Å². The van der Waals surface area contributed by atoms with Gasteiger partial charge in [-0.15, -0.1) is 0 Å². The predicted molar refractivity (Wildman–Crippen MR) is 65.8 cm³/mol. The van der Waals surface area contributed by atoms with E-state index in [1.54, 1.807) is 11.9 Å². The third kappa shape index (κ3) is 2.57. The highest BCUT2D eigenvalue weighted by Gasteiger charge is 2.27. The van der Waals surface area contributed by atoms with Crippen molar-refractivity contribution in [1.29, 1.82) is 0 Å². The molecular weight excluding hydrogens is 190 g/mol. The molecule has 1 N–H and O–H groups in total. The molecule has 1 rings (SSSR count). The summed E-state index contributed by atoms with van der Waals surface area (Å²) in [5.74, 6) is 0. The molecule has 0 unspecified atom stereocenters. The Morgan fingerprint density at radius 1 is 1.00 bits per heavy atom. The molecule has 0 aromatic carbocycles. The predicted octanol–water partition coefficient (Wildman–Crippen LogP) is 4.10. The maximum absolute atomic E-state index is 3.43. The lowest BCUT2D eigenvalue weighted by Gasteiger charge is -2.33. The lowest BCUT2D eigenvalue weighted by atomic mass is 9.79. The lowest BCUT2D eigenvalue weighted by Crippen LogP contribution is -2.27. The highest BCUT2D eigenvalue weighted by Crippen LogP contribution is 2.38. The standard InChI is InChI=1S/C12H21NS/c1-11(2,3)9-7-8-14-13-10(9)12(4,5)6/h7-8,13H,1-6H3. The minimum absolute atomic E-state index is 0.195. The zero-order chi connectivity index (χ0) is 11.0. The normalized spacial score (nSPS) is 18.4. The van der Waals surface area contributed by atoms with Crippen LogP contribution in [-0.2, 0) is 0 Å². The molecule has 1 aliphatic heterocycles. The second-order valence-corrected chi connectivity index (χ2v) is 6.52. The van der Waals surface area contributed by atoms with Gasteiger partial charge in [-0.05, 0) is 34.4 Å². The summed E-state index contributed by atoms with van der Waals surface area (Å²) in [5, 5.41) is 2.12. The summed E-state index contributed by atoms with van der Waals surface area (Å²) in [5.41, 5.74) is 3.19. The van der Waals surface area contributed by atoms with Gasteiger partial charge in [0.25, 0.3) is 0 Å². The molecule has 0 saturated heterocycles. The monoisotopic (exact) mass is 211 g/mol. The molecule has 1 heterocycles. The molecule has 0 fully saturated rings. The number of rotatable bonds is 0. The van der Waals surface area contributed by atoms with Crippen molar-refractivity contribution in [2.45, 2.75) is 41.5 Å². The molecule has 0 aromatic heterocycles. The van der Waals surface area contributed by atoms with E-state index in [0.717, 1.165) is 0 Å². The van der Waals surface area contributed by atoms with E-state index in [1.807, 2.05) is 0 Å². The SMILES string of the molecule is CC(C)(C)C1=C(C(C)(C)C)NSC=C1. The van der Waals surface area contributed by atoms with Crippen LogP contribution in [0, 0.1) is 10.8 Å². The average molecular weight is 211 g/mol. The van der Waals surface area contributed by atoms with Crippen LogP contribution in [0.5, 0.6) is 0 Å². The van der Waals surface area contributed by atoms with Gasteiger partial charge in [-0.25, -0.2) is 0 Å². The van der Waals surface area contributed by atoms with E-state index in [-0.39, 0.29) is 10.8 Å². The molecule has 1 nitrogen and oxygen atoms in total. The van der Waals surface area contributed by atoms with E-state index in [1.165, 1.54) is 11.3 Å². The van der Waals surface area contributed by atoms with Crippen molar-refractivity contribution in [2.24, 2.45) is 10.8 Å². The van der Waals surface area contributed by atoms with Gasteiger partial charge in [0, 0.05) is 11.1 Å². The first-order valence-electron chi connectivity index (χ1n) is 5.06. The molecular formula is C12H21NS. The van der Waals surface area contributed by atoms with E-state index in [0.29, 0.717) is 0 Å². The van der Waals surface area contributed by atoms with Gasteiger partial charge in [-0.2, -0.15) is 0 Å². The number of allylic oxidation sites excluding steroid dienone is 3. The third-order valence-electron chi connectivity index (χ3n) is 2.29. The molecule has 0 amide bonds. The fourth-order valence-corrected chi connectivity index (χ4v) is 2.32. The van der Waals surface area contributed by atoms with Crippen LogP contribution in [0.2, 0.25) is 0 Å². The topological polar surface area (TPSA) is 12.0 Å². The Morgan fingerprint density at radius 2 is 1.57 bits per heavy atom. The van der Waals surface area contributed by atoms with E-state index < -0.39 is 0 Å². The molecule has 0 atom stereocenters. The summed E-state index contributed by atoms with van der Waals surface area (Å²) < 4.78 is 3.43. The van der Waals surface area contributed by atoms with Crippen molar-refractivity contribution in [3.63, 3.8) is 0 Å². The third-order valence-corrected chi connectivity index (χ3v) is 2.89. The fourth-order valence-electron chi connectivity index (χ4n) is 1.52. The Labute approximate surface area is 92.2 Å². The Balaban J connectivity index is 3.18. The number of nitrogens with one attached hydrogen (secondary N) is 1. The van der Waals surface area contributed by atoms with Gasteiger partial charge in [0.2, 0.25) is 0 Å². The summed E-state index contributed by atoms with van der Waals surface area (Å²) >= 11 is 1.66. The van der Waals surface area contributed by atoms with Crippen LogP contribution < -0.4 is 4.72 Å². The van der Waals surface area contributed by atoms with Crippen molar-refractivity contribution < 1.29 is 0 Å². The second-order valence-electron chi connectivity index (χ2n) is 5.81. The minimum atomic E-state index is 0.195. The summed E-state index contributed by atoms with van der Waals surface area (Å²) in [6.07, 6.45) is 2.24. The average Bonchev–Trinajstić information content (AvgIpc) is 2.01. The van der Waals surface area contributed by atoms with Crippen LogP contribution in [-0.4, -0.2) is 0 Å². The van der Waals surface area contributed by atoms with Crippen molar-refractivity contribution in [3.05, 3.63) is 22.8 Å². The van der Waals surface area contributed by atoms with Gasteiger partial charge >= 0.3 is 0 Å². The molecule has 0 radical (unpaired) electrons. The molecule has 14 heavy (non-hydrogen) atoms. The quantitative estimate of drug-likeness (QED) is 0.605. The van der Waals surface area contributed by atoms with Crippen LogP contribution in [0.15, 0.2) is 22.8 Å². The summed E-state index contributed by atoms with van der Waals surface area (Å²) in [4.78, 5) is 0. The first kappa shape index (κ1) is 11.7. The smallest absolute Gasteiger partial charge is 0.0305 e. The first-order chi connectivity index (χ1) is 6.23.